The number of sulfonamides is 1. The first kappa shape index (κ1) is 15.1. The zero-order valence-corrected chi connectivity index (χ0v) is 12.6. The second-order valence-corrected chi connectivity index (χ2v) is 6.43. The summed E-state index contributed by atoms with van der Waals surface area (Å²) in [5, 5.41) is 28.6. The van der Waals surface area contributed by atoms with Gasteiger partial charge in [-0.15, -0.1) is 0 Å². The van der Waals surface area contributed by atoms with E-state index in [0.717, 1.165) is 0 Å². The van der Waals surface area contributed by atoms with Crippen LogP contribution in [0.25, 0.3) is 16.9 Å². The Morgan fingerprint density at radius 1 is 1.00 bits per heavy atom. The largest absolute Gasteiger partial charge is 0.508 e. The fourth-order valence-corrected chi connectivity index (χ4v) is 2.74. The van der Waals surface area contributed by atoms with Crippen molar-refractivity contribution < 1.29 is 18.6 Å². The Labute approximate surface area is 132 Å². The fraction of sp³-hybridized carbons (Fsp3) is 0. The summed E-state index contributed by atoms with van der Waals surface area (Å²) in [7, 11) is -3.76. The van der Waals surface area contributed by atoms with Gasteiger partial charge in [0.1, 0.15) is 11.5 Å². The molecular formula is C15H13N3O4S. The highest BCUT2D eigenvalue weighted by atomic mass is 32.2. The Morgan fingerprint density at radius 3 is 2.30 bits per heavy atom. The van der Waals surface area contributed by atoms with Gasteiger partial charge in [-0.3, -0.25) is 0 Å². The van der Waals surface area contributed by atoms with Crippen molar-refractivity contribution in [1.29, 1.82) is 0 Å². The van der Waals surface area contributed by atoms with E-state index in [1.54, 1.807) is 35.1 Å². The molecule has 0 atom stereocenters. The van der Waals surface area contributed by atoms with Gasteiger partial charge in [-0.25, -0.2) is 18.2 Å². The lowest BCUT2D eigenvalue weighted by Crippen LogP contribution is -2.12. The summed E-state index contributed by atoms with van der Waals surface area (Å²) in [6.45, 7) is 0. The topological polar surface area (TPSA) is 118 Å². The minimum Gasteiger partial charge on any atom is -0.508 e. The van der Waals surface area contributed by atoms with Gasteiger partial charge in [-0.05, 0) is 42.5 Å². The molecule has 118 valence electrons. The van der Waals surface area contributed by atoms with Crippen LogP contribution in [0, 0.1) is 0 Å². The first-order valence-corrected chi connectivity index (χ1v) is 8.10. The molecule has 8 heteroatoms. The Kier molecular flexibility index (Phi) is 3.55. The van der Waals surface area contributed by atoms with E-state index in [1.165, 1.54) is 24.3 Å². The Bertz CT molecular complexity index is 963. The molecule has 0 saturated carbocycles. The highest BCUT2D eigenvalue weighted by Gasteiger charge is 2.13. The number of hydrogen-bond donors (Lipinski definition) is 3. The summed E-state index contributed by atoms with van der Waals surface area (Å²) < 4.78 is 24.1. The van der Waals surface area contributed by atoms with Gasteiger partial charge in [-0.2, -0.15) is 5.10 Å². The number of primary sulfonamides is 1. The highest BCUT2D eigenvalue weighted by molar-refractivity contribution is 7.89. The molecule has 4 N–H and O–H groups in total. The molecule has 0 fully saturated rings. The summed E-state index contributed by atoms with van der Waals surface area (Å²) in [4.78, 5) is 0.00226. The molecule has 0 aliphatic rings. The average Bonchev–Trinajstić information content (AvgIpc) is 2.95. The molecule has 0 spiro atoms. The standard InChI is InChI=1S/C15H13N3O4S/c16-23(21,22)12-4-1-10(2-5-12)18-14(7-8-17-18)13-6-3-11(19)9-15(13)20/h1-9,19-20H,(H2,16,21,22). The molecule has 3 aromatic rings. The first-order valence-electron chi connectivity index (χ1n) is 6.56. The van der Waals surface area contributed by atoms with Gasteiger partial charge in [0, 0.05) is 11.6 Å². The number of phenols is 2. The monoisotopic (exact) mass is 331 g/mol. The SMILES string of the molecule is NS(=O)(=O)c1ccc(-n2nccc2-c2ccc(O)cc2O)cc1. The summed E-state index contributed by atoms with van der Waals surface area (Å²) in [6, 6.07) is 11.8. The zero-order valence-electron chi connectivity index (χ0n) is 11.8. The van der Waals surface area contributed by atoms with Gasteiger partial charge in [0.2, 0.25) is 10.0 Å². The van der Waals surface area contributed by atoms with Gasteiger partial charge in [0.25, 0.3) is 0 Å². The molecule has 0 saturated heterocycles. The van der Waals surface area contributed by atoms with Crippen LogP contribution in [0.2, 0.25) is 0 Å². The van der Waals surface area contributed by atoms with Crippen LogP contribution in [0.1, 0.15) is 0 Å². The average molecular weight is 331 g/mol. The summed E-state index contributed by atoms with van der Waals surface area (Å²) in [5.74, 6) is -0.136. The molecule has 23 heavy (non-hydrogen) atoms. The second-order valence-electron chi connectivity index (χ2n) is 4.87. The Hall–Kier alpha value is -2.84. The predicted molar refractivity (Wildman–Crippen MR) is 83.7 cm³/mol. The van der Waals surface area contributed by atoms with Gasteiger partial charge in [0.05, 0.1) is 22.5 Å². The van der Waals surface area contributed by atoms with Crippen LogP contribution >= 0.6 is 0 Å². The number of phenolic OH excluding ortho intramolecular Hbond substituents is 2. The molecule has 0 bridgehead atoms. The lowest BCUT2D eigenvalue weighted by atomic mass is 10.1. The third kappa shape index (κ3) is 2.89. The number of aromatic nitrogens is 2. The molecule has 1 aromatic heterocycles. The van der Waals surface area contributed by atoms with Gasteiger partial charge in [0.15, 0.2) is 0 Å². The summed E-state index contributed by atoms with van der Waals surface area (Å²) >= 11 is 0. The lowest BCUT2D eigenvalue weighted by Gasteiger charge is -2.10. The van der Waals surface area contributed by atoms with Crippen LogP contribution in [0.5, 0.6) is 11.5 Å². The van der Waals surface area contributed by atoms with Crippen molar-refractivity contribution in [1.82, 2.24) is 9.78 Å². The van der Waals surface area contributed by atoms with E-state index in [0.29, 0.717) is 16.9 Å². The molecule has 1 heterocycles. The van der Waals surface area contributed by atoms with Gasteiger partial charge < -0.3 is 10.2 Å². The Balaban J connectivity index is 2.08. The fourth-order valence-electron chi connectivity index (χ4n) is 2.23. The molecular weight excluding hydrogens is 318 g/mol. The van der Waals surface area contributed by atoms with Crippen molar-refractivity contribution >= 4 is 10.0 Å². The van der Waals surface area contributed by atoms with Gasteiger partial charge >= 0.3 is 0 Å². The van der Waals surface area contributed by atoms with Gasteiger partial charge in [-0.1, -0.05) is 0 Å². The number of hydrogen-bond acceptors (Lipinski definition) is 5. The number of rotatable bonds is 3. The third-order valence-corrected chi connectivity index (χ3v) is 4.24. The van der Waals surface area contributed by atoms with Crippen molar-refractivity contribution in [3.05, 3.63) is 54.7 Å². The van der Waals surface area contributed by atoms with E-state index in [1.807, 2.05) is 0 Å². The Morgan fingerprint density at radius 2 is 1.70 bits per heavy atom. The highest BCUT2D eigenvalue weighted by Crippen LogP contribution is 2.33. The lowest BCUT2D eigenvalue weighted by molar-refractivity contribution is 0.451. The molecule has 0 unspecified atom stereocenters. The van der Waals surface area contributed by atoms with Crippen molar-refractivity contribution in [3.8, 4) is 28.4 Å². The van der Waals surface area contributed by atoms with Crippen LogP contribution in [0.3, 0.4) is 0 Å². The van der Waals surface area contributed by atoms with Crippen molar-refractivity contribution in [2.45, 2.75) is 4.90 Å². The molecule has 2 aromatic carbocycles. The van der Waals surface area contributed by atoms with E-state index in [-0.39, 0.29) is 16.4 Å². The van der Waals surface area contributed by atoms with E-state index >= 15 is 0 Å². The summed E-state index contributed by atoms with van der Waals surface area (Å²) in [6.07, 6.45) is 1.55. The predicted octanol–water partition coefficient (Wildman–Crippen LogP) is 1.60. The molecule has 0 radical (unpaired) electrons. The zero-order chi connectivity index (χ0) is 16.6. The minimum absolute atomic E-state index is 0.00226. The minimum atomic E-state index is -3.76. The smallest absolute Gasteiger partial charge is 0.238 e. The van der Waals surface area contributed by atoms with Crippen molar-refractivity contribution in [2.75, 3.05) is 0 Å². The van der Waals surface area contributed by atoms with Crippen LogP contribution in [-0.4, -0.2) is 28.4 Å². The first-order chi connectivity index (χ1) is 10.9. The van der Waals surface area contributed by atoms with Crippen LogP contribution in [-0.2, 0) is 10.0 Å². The van der Waals surface area contributed by atoms with Crippen LogP contribution < -0.4 is 5.14 Å². The van der Waals surface area contributed by atoms with E-state index in [4.69, 9.17) is 5.14 Å². The number of aromatic hydroxyl groups is 2. The van der Waals surface area contributed by atoms with Crippen molar-refractivity contribution in [3.63, 3.8) is 0 Å². The molecule has 0 aliphatic heterocycles. The van der Waals surface area contributed by atoms with Crippen LogP contribution in [0.4, 0.5) is 0 Å². The quantitative estimate of drug-likeness (QED) is 0.673. The van der Waals surface area contributed by atoms with E-state index < -0.39 is 10.0 Å². The molecule has 0 amide bonds. The van der Waals surface area contributed by atoms with E-state index in [2.05, 4.69) is 5.10 Å². The molecule has 3 rings (SSSR count). The van der Waals surface area contributed by atoms with Crippen molar-refractivity contribution in [2.24, 2.45) is 5.14 Å². The number of nitrogens with two attached hydrogens (primary N) is 1. The van der Waals surface area contributed by atoms with E-state index in [9.17, 15) is 18.6 Å². The molecule has 0 aliphatic carbocycles. The summed E-state index contributed by atoms with van der Waals surface area (Å²) in [5.41, 5.74) is 1.67. The van der Waals surface area contributed by atoms with Crippen LogP contribution in [0.15, 0.2) is 59.6 Å². The third-order valence-electron chi connectivity index (χ3n) is 3.31. The maximum Gasteiger partial charge on any atom is 0.238 e. The number of benzene rings is 2. The maximum absolute atomic E-state index is 11.3. The second kappa shape index (κ2) is 5.41. The maximum atomic E-state index is 11.3. The molecule has 7 nitrogen and oxygen atoms in total. The number of nitrogens with zero attached hydrogens (tertiary/aromatic N) is 2. The normalized spacial score (nSPS) is 11.5.